The van der Waals surface area contributed by atoms with E-state index >= 15 is 0 Å². The van der Waals surface area contributed by atoms with E-state index < -0.39 is 0 Å². The van der Waals surface area contributed by atoms with Gasteiger partial charge >= 0.3 is 6.03 Å². The van der Waals surface area contributed by atoms with Crippen molar-refractivity contribution in [2.24, 2.45) is 5.73 Å². The Bertz CT molecular complexity index is 981. The standard InChI is InChI=1S/C23H27N5O2/c1-27(2)11-12-30-21-6-4-3-5-19(21)20-13-17-15-28(23(29)26-22(17)25-20)18-9-7-16(14-24)8-10-18/h3-10,13,15,22,25H,11-12,14,24H2,1-2H3,(H,26,29). The third kappa shape index (κ3) is 4.17. The number of urea groups is 1. The Hall–Kier alpha value is -3.29. The van der Waals surface area contributed by atoms with Crippen molar-refractivity contribution in [3.8, 4) is 5.75 Å². The lowest BCUT2D eigenvalue weighted by molar-refractivity contribution is 0.244. The number of carbonyl (C=O) groups excluding carboxylic acids is 1. The van der Waals surface area contributed by atoms with Gasteiger partial charge in [0.05, 0.1) is 5.69 Å². The van der Waals surface area contributed by atoms with Gasteiger partial charge in [0.2, 0.25) is 0 Å². The molecule has 0 fully saturated rings. The third-order valence-corrected chi connectivity index (χ3v) is 5.13. The molecule has 0 spiro atoms. The highest BCUT2D eigenvalue weighted by Gasteiger charge is 2.31. The van der Waals surface area contributed by atoms with E-state index in [-0.39, 0.29) is 12.2 Å². The second-order valence-electron chi connectivity index (χ2n) is 7.60. The first kappa shape index (κ1) is 20.0. The van der Waals surface area contributed by atoms with E-state index in [0.29, 0.717) is 13.2 Å². The molecule has 30 heavy (non-hydrogen) atoms. The van der Waals surface area contributed by atoms with Gasteiger partial charge in [0.25, 0.3) is 0 Å². The van der Waals surface area contributed by atoms with Crippen LogP contribution < -0.4 is 26.0 Å². The highest BCUT2D eigenvalue weighted by atomic mass is 16.5. The predicted octanol–water partition coefficient (Wildman–Crippen LogP) is 2.47. The third-order valence-electron chi connectivity index (χ3n) is 5.13. The zero-order valence-electron chi connectivity index (χ0n) is 17.3. The number of nitrogens with two attached hydrogens (primary N) is 1. The summed E-state index contributed by atoms with van der Waals surface area (Å²) in [5, 5.41) is 6.41. The number of likely N-dealkylation sites (N-methyl/N-ethyl adjacent to an activating group) is 1. The minimum Gasteiger partial charge on any atom is -0.492 e. The number of nitrogens with zero attached hydrogens (tertiary/aromatic N) is 2. The fourth-order valence-electron chi connectivity index (χ4n) is 3.46. The van der Waals surface area contributed by atoms with Crippen LogP contribution in [0.15, 0.2) is 66.4 Å². The van der Waals surface area contributed by atoms with E-state index in [9.17, 15) is 4.79 Å². The van der Waals surface area contributed by atoms with Crippen molar-refractivity contribution in [3.05, 3.63) is 77.5 Å². The maximum atomic E-state index is 12.7. The van der Waals surface area contributed by atoms with Gasteiger partial charge in [-0.15, -0.1) is 0 Å². The van der Waals surface area contributed by atoms with Gasteiger partial charge in [-0.2, -0.15) is 0 Å². The topological polar surface area (TPSA) is 82.9 Å². The van der Waals surface area contributed by atoms with E-state index in [0.717, 1.165) is 40.4 Å². The minimum absolute atomic E-state index is 0.179. The molecule has 2 aliphatic heterocycles. The summed E-state index contributed by atoms with van der Waals surface area (Å²) in [6.45, 7) is 1.91. The van der Waals surface area contributed by atoms with Gasteiger partial charge in [-0.1, -0.05) is 24.3 Å². The lowest BCUT2D eigenvalue weighted by Crippen LogP contribution is -2.51. The van der Waals surface area contributed by atoms with E-state index in [4.69, 9.17) is 10.5 Å². The fraction of sp³-hybridized carbons (Fsp3) is 0.261. The largest absolute Gasteiger partial charge is 0.492 e. The van der Waals surface area contributed by atoms with Gasteiger partial charge in [-0.3, -0.25) is 4.90 Å². The summed E-state index contributed by atoms with van der Waals surface area (Å²) >= 11 is 0. The van der Waals surface area contributed by atoms with Crippen LogP contribution in [-0.2, 0) is 6.54 Å². The van der Waals surface area contributed by atoms with Crippen LogP contribution in [0, 0.1) is 0 Å². The molecule has 0 bridgehead atoms. The summed E-state index contributed by atoms with van der Waals surface area (Å²) in [5.41, 5.74) is 10.4. The second-order valence-corrected chi connectivity index (χ2v) is 7.60. The Morgan fingerprint density at radius 2 is 1.87 bits per heavy atom. The smallest absolute Gasteiger partial charge is 0.327 e. The van der Waals surface area contributed by atoms with Crippen LogP contribution in [0.3, 0.4) is 0 Å². The molecule has 2 heterocycles. The molecule has 1 unspecified atom stereocenters. The van der Waals surface area contributed by atoms with Crippen LogP contribution >= 0.6 is 0 Å². The fourth-order valence-corrected chi connectivity index (χ4v) is 3.46. The summed E-state index contributed by atoms with van der Waals surface area (Å²) in [6, 6.07) is 15.4. The molecule has 156 valence electrons. The van der Waals surface area contributed by atoms with E-state index in [1.54, 1.807) is 4.90 Å². The van der Waals surface area contributed by atoms with Crippen molar-refractivity contribution in [1.82, 2.24) is 15.5 Å². The molecule has 0 radical (unpaired) electrons. The van der Waals surface area contributed by atoms with Gasteiger partial charge in [-0.25, -0.2) is 4.79 Å². The van der Waals surface area contributed by atoms with E-state index in [1.807, 2.05) is 68.8 Å². The van der Waals surface area contributed by atoms with Crippen LogP contribution in [0.1, 0.15) is 11.1 Å². The molecule has 0 saturated heterocycles. The highest BCUT2D eigenvalue weighted by molar-refractivity contribution is 5.96. The average Bonchev–Trinajstić information content (AvgIpc) is 3.16. The number of rotatable bonds is 7. The van der Waals surface area contributed by atoms with Gasteiger partial charge in [-0.05, 0) is 50.0 Å². The lowest BCUT2D eigenvalue weighted by atomic mass is 10.1. The molecular weight excluding hydrogens is 378 g/mol. The maximum absolute atomic E-state index is 12.7. The van der Waals surface area contributed by atoms with Gasteiger partial charge in [0, 0.05) is 36.1 Å². The first-order valence-corrected chi connectivity index (χ1v) is 10.0. The van der Waals surface area contributed by atoms with E-state index in [2.05, 4.69) is 21.6 Å². The summed E-state index contributed by atoms with van der Waals surface area (Å²) in [7, 11) is 4.04. The van der Waals surface area contributed by atoms with Crippen molar-refractivity contribution in [1.29, 1.82) is 0 Å². The molecule has 0 saturated carbocycles. The number of amides is 2. The first-order valence-electron chi connectivity index (χ1n) is 10.0. The highest BCUT2D eigenvalue weighted by Crippen LogP contribution is 2.32. The zero-order chi connectivity index (χ0) is 21.1. The molecule has 7 nitrogen and oxygen atoms in total. The van der Waals surface area contributed by atoms with Gasteiger partial charge in [0.1, 0.15) is 18.5 Å². The second kappa shape index (κ2) is 8.61. The number of carbonyl (C=O) groups is 1. The van der Waals surface area contributed by atoms with Crippen LogP contribution in [0.2, 0.25) is 0 Å². The maximum Gasteiger partial charge on any atom is 0.327 e. The predicted molar refractivity (Wildman–Crippen MR) is 119 cm³/mol. The first-order chi connectivity index (χ1) is 14.5. The minimum atomic E-state index is -0.262. The van der Waals surface area contributed by atoms with Crippen molar-refractivity contribution in [2.75, 3.05) is 32.1 Å². The summed E-state index contributed by atoms with van der Waals surface area (Å²) < 4.78 is 6.00. The number of hydrogen-bond acceptors (Lipinski definition) is 5. The van der Waals surface area contributed by atoms with Crippen molar-refractivity contribution in [2.45, 2.75) is 12.7 Å². The molecule has 4 rings (SSSR count). The Kier molecular flexibility index (Phi) is 5.74. The lowest BCUT2D eigenvalue weighted by Gasteiger charge is -2.29. The Morgan fingerprint density at radius 3 is 2.60 bits per heavy atom. The molecular formula is C23H27N5O2. The molecule has 2 aliphatic rings. The number of hydrogen-bond donors (Lipinski definition) is 3. The summed E-state index contributed by atoms with van der Waals surface area (Å²) in [4.78, 5) is 16.4. The Labute approximate surface area is 176 Å². The van der Waals surface area contributed by atoms with Crippen molar-refractivity contribution < 1.29 is 9.53 Å². The SMILES string of the molecule is CN(C)CCOc1ccccc1C1=CC2=CN(c3ccc(CN)cc3)C(=O)NC2N1. The molecule has 2 aromatic carbocycles. The van der Waals surface area contributed by atoms with Gasteiger partial charge in [0.15, 0.2) is 0 Å². The van der Waals surface area contributed by atoms with Gasteiger partial charge < -0.3 is 26.0 Å². The monoisotopic (exact) mass is 405 g/mol. The molecule has 7 heteroatoms. The van der Waals surface area contributed by atoms with Crippen molar-refractivity contribution >= 4 is 17.4 Å². The molecule has 2 amide bonds. The summed E-state index contributed by atoms with van der Waals surface area (Å²) in [5.74, 6) is 0.818. The number of fused-ring (bicyclic) bond motifs is 1. The number of anilines is 1. The van der Waals surface area contributed by atoms with Crippen LogP contribution in [0.5, 0.6) is 5.75 Å². The molecule has 4 N–H and O–H groups in total. The van der Waals surface area contributed by atoms with Crippen LogP contribution in [-0.4, -0.2) is 44.3 Å². The number of ether oxygens (including phenoxy) is 1. The average molecular weight is 406 g/mol. The zero-order valence-corrected chi connectivity index (χ0v) is 17.3. The molecule has 0 aliphatic carbocycles. The van der Waals surface area contributed by atoms with Crippen molar-refractivity contribution in [3.63, 3.8) is 0 Å². The quantitative estimate of drug-likeness (QED) is 0.659. The van der Waals surface area contributed by atoms with Crippen LogP contribution in [0.25, 0.3) is 5.70 Å². The number of para-hydroxylation sites is 1. The molecule has 2 aromatic rings. The van der Waals surface area contributed by atoms with Crippen LogP contribution in [0.4, 0.5) is 10.5 Å². The molecule has 0 aromatic heterocycles. The molecule has 1 atom stereocenters. The van der Waals surface area contributed by atoms with E-state index in [1.165, 1.54) is 0 Å². The normalized spacial score (nSPS) is 17.8. The Balaban J connectivity index is 1.57. The Morgan fingerprint density at radius 1 is 1.10 bits per heavy atom. The number of nitrogens with one attached hydrogen (secondary N) is 2. The number of benzene rings is 2. The summed E-state index contributed by atoms with van der Waals surface area (Å²) in [6.07, 6.45) is 3.66.